The maximum atomic E-state index is 12.0. The third-order valence-corrected chi connectivity index (χ3v) is 5.32. The van der Waals surface area contributed by atoms with Gasteiger partial charge in [-0.25, -0.2) is 9.78 Å². The summed E-state index contributed by atoms with van der Waals surface area (Å²) in [6.45, 7) is 9.74. The van der Waals surface area contributed by atoms with Gasteiger partial charge < -0.3 is 15.2 Å². The van der Waals surface area contributed by atoms with Gasteiger partial charge in [0.25, 0.3) is 0 Å². The molecule has 2 aromatic heterocycles. The summed E-state index contributed by atoms with van der Waals surface area (Å²) < 4.78 is 2.10. The summed E-state index contributed by atoms with van der Waals surface area (Å²) in [6, 6.07) is 3.78. The highest BCUT2D eigenvalue weighted by atomic mass is 32.1. The van der Waals surface area contributed by atoms with Gasteiger partial charge in [0.05, 0.1) is 5.69 Å². The van der Waals surface area contributed by atoms with Crippen molar-refractivity contribution in [2.75, 3.05) is 11.9 Å². The first-order chi connectivity index (χ1) is 11.8. The highest BCUT2D eigenvalue weighted by Gasteiger charge is 2.20. The molecule has 2 heterocycles. The van der Waals surface area contributed by atoms with E-state index in [0.717, 1.165) is 30.1 Å². The number of anilines is 1. The van der Waals surface area contributed by atoms with Gasteiger partial charge in [0.1, 0.15) is 16.8 Å². The van der Waals surface area contributed by atoms with Crippen LogP contribution < -0.4 is 10.6 Å². The zero-order valence-electron chi connectivity index (χ0n) is 15.2. The predicted octanol–water partition coefficient (Wildman–Crippen LogP) is 4.02. The minimum Gasteiger partial charge on any atom is -0.338 e. The van der Waals surface area contributed by atoms with Gasteiger partial charge in [-0.1, -0.05) is 20.8 Å². The highest BCUT2D eigenvalue weighted by Crippen LogP contribution is 2.34. The number of aryl methyl sites for hydroxylation is 2. The minimum absolute atomic E-state index is 0.0435. The number of carbonyl (C=O) groups is 1. The SMILES string of the molecule is Cc1nccn1CCCCNC(=O)Nc1cc(C(C)(C)C)sc1C#N. The zero-order chi connectivity index (χ0) is 18.4. The van der Waals surface area contributed by atoms with Crippen LogP contribution in [0.15, 0.2) is 18.5 Å². The van der Waals surface area contributed by atoms with Gasteiger partial charge in [0, 0.05) is 30.4 Å². The van der Waals surface area contributed by atoms with E-state index in [4.69, 9.17) is 0 Å². The van der Waals surface area contributed by atoms with Crippen LogP contribution >= 0.6 is 11.3 Å². The molecule has 0 aliphatic carbocycles. The molecule has 0 unspecified atom stereocenters. The normalized spacial score (nSPS) is 11.2. The number of carbonyl (C=O) groups excluding carboxylic acids is 1. The lowest BCUT2D eigenvalue weighted by atomic mass is 9.94. The quantitative estimate of drug-likeness (QED) is 0.764. The van der Waals surface area contributed by atoms with Crippen molar-refractivity contribution in [2.45, 2.75) is 52.5 Å². The highest BCUT2D eigenvalue weighted by molar-refractivity contribution is 7.13. The minimum atomic E-state index is -0.270. The van der Waals surface area contributed by atoms with Crippen molar-refractivity contribution >= 4 is 23.1 Å². The molecule has 0 atom stereocenters. The number of nitrogens with zero attached hydrogens (tertiary/aromatic N) is 3. The molecule has 0 spiro atoms. The van der Waals surface area contributed by atoms with Crippen LogP contribution in [0, 0.1) is 18.3 Å². The molecular weight excluding hydrogens is 334 g/mol. The molecule has 0 bridgehead atoms. The van der Waals surface area contributed by atoms with Crippen LogP contribution in [0.5, 0.6) is 0 Å². The van der Waals surface area contributed by atoms with Gasteiger partial charge in [-0.3, -0.25) is 0 Å². The fourth-order valence-corrected chi connectivity index (χ4v) is 3.32. The molecule has 0 aliphatic heterocycles. The van der Waals surface area contributed by atoms with E-state index in [9.17, 15) is 10.1 Å². The summed E-state index contributed by atoms with van der Waals surface area (Å²) in [4.78, 5) is 17.8. The third-order valence-electron chi connectivity index (χ3n) is 3.86. The molecule has 6 nitrogen and oxygen atoms in total. The van der Waals surface area contributed by atoms with Gasteiger partial charge >= 0.3 is 6.03 Å². The van der Waals surface area contributed by atoms with Crippen molar-refractivity contribution < 1.29 is 4.79 Å². The van der Waals surface area contributed by atoms with Crippen molar-refractivity contribution in [3.05, 3.63) is 34.0 Å². The van der Waals surface area contributed by atoms with Gasteiger partial charge in [-0.15, -0.1) is 11.3 Å². The van der Waals surface area contributed by atoms with Gasteiger partial charge in [-0.2, -0.15) is 5.26 Å². The summed E-state index contributed by atoms with van der Waals surface area (Å²) in [5.41, 5.74) is 0.543. The monoisotopic (exact) mass is 359 g/mol. The van der Waals surface area contributed by atoms with Crippen LogP contribution in [0.25, 0.3) is 0 Å². The number of rotatable bonds is 6. The molecule has 134 valence electrons. The van der Waals surface area contributed by atoms with Gasteiger partial charge in [0.15, 0.2) is 0 Å². The zero-order valence-corrected chi connectivity index (χ0v) is 16.0. The van der Waals surface area contributed by atoms with E-state index in [2.05, 4.69) is 47.0 Å². The molecule has 7 heteroatoms. The first-order valence-corrected chi connectivity index (χ1v) is 9.20. The number of amides is 2. The van der Waals surface area contributed by atoms with Crippen molar-refractivity contribution in [1.82, 2.24) is 14.9 Å². The summed E-state index contributed by atoms with van der Waals surface area (Å²) in [6.07, 6.45) is 5.60. The first-order valence-electron chi connectivity index (χ1n) is 8.38. The number of urea groups is 1. The lowest BCUT2D eigenvalue weighted by Gasteiger charge is -2.15. The van der Waals surface area contributed by atoms with Crippen molar-refractivity contribution in [1.29, 1.82) is 5.26 Å². The maximum absolute atomic E-state index is 12.0. The maximum Gasteiger partial charge on any atom is 0.319 e. The second-order valence-electron chi connectivity index (χ2n) is 6.97. The Bertz CT molecular complexity index is 763. The van der Waals surface area contributed by atoms with Crippen LogP contribution in [0.1, 0.15) is 49.2 Å². The van der Waals surface area contributed by atoms with Gasteiger partial charge in [0.2, 0.25) is 0 Å². The smallest absolute Gasteiger partial charge is 0.319 e. The Labute approximate surface area is 152 Å². The van der Waals surface area contributed by atoms with E-state index in [0.29, 0.717) is 17.1 Å². The molecule has 0 saturated carbocycles. The molecular formula is C18H25N5OS. The van der Waals surface area contributed by atoms with Crippen LogP contribution in [0.4, 0.5) is 10.5 Å². The largest absolute Gasteiger partial charge is 0.338 e. The van der Waals surface area contributed by atoms with Crippen LogP contribution in [0.2, 0.25) is 0 Å². The lowest BCUT2D eigenvalue weighted by Crippen LogP contribution is -2.29. The Morgan fingerprint density at radius 3 is 2.76 bits per heavy atom. The molecule has 25 heavy (non-hydrogen) atoms. The Morgan fingerprint density at radius 2 is 2.16 bits per heavy atom. The van der Waals surface area contributed by atoms with Crippen molar-refractivity contribution in [3.8, 4) is 6.07 Å². The first kappa shape index (κ1) is 19.0. The predicted molar refractivity (Wildman–Crippen MR) is 101 cm³/mol. The Hall–Kier alpha value is -2.33. The summed E-state index contributed by atoms with van der Waals surface area (Å²) in [5, 5.41) is 14.9. The van der Waals surface area contributed by atoms with E-state index in [1.807, 2.05) is 19.2 Å². The van der Waals surface area contributed by atoms with E-state index >= 15 is 0 Å². The Kier molecular flexibility index (Phi) is 6.21. The number of thiophene rings is 1. The molecule has 2 aromatic rings. The molecule has 2 N–H and O–H groups in total. The van der Waals surface area contributed by atoms with E-state index in [-0.39, 0.29) is 11.4 Å². The number of nitrogens with one attached hydrogen (secondary N) is 2. The van der Waals surface area contributed by atoms with Crippen LogP contribution in [-0.2, 0) is 12.0 Å². The molecule has 2 amide bonds. The van der Waals surface area contributed by atoms with Gasteiger partial charge in [-0.05, 0) is 31.2 Å². The number of hydrogen-bond acceptors (Lipinski definition) is 4. The van der Waals surface area contributed by atoms with Crippen LogP contribution in [0.3, 0.4) is 0 Å². The van der Waals surface area contributed by atoms with E-state index < -0.39 is 0 Å². The topological polar surface area (TPSA) is 82.7 Å². The number of unbranched alkanes of at least 4 members (excludes halogenated alkanes) is 1. The molecule has 0 radical (unpaired) electrons. The number of nitriles is 1. The molecule has 0 saturated heterocycles. The van der Waals surface area contributed by atoms with Crippen LogP contribution in [-0.4, -0.2) is 22.1 Å². The number of imidazole rings is 1. The average Bonchev–Trinajstić information content (AvgIpc) is 3.13. The number of aromatic nitrogens is 2. The fourth-order valence-electron chi connectivity index (χ4n) is 2.35. The third kappa shape index (κ3) is 5.33. The molecule has 2 rings (SSSR count). The standard InChI is InChI=1S/C18H25N5OS/c1-13-20-8-10-23(13)9-6-5-7-21-17(24)22-14-11-16(18(2,3)4)25-15(14)12-19/h8,10-11H,5-7,9H2,1-4H3,(H2,21,22,24). The fraction of sp³-hybridized carbons (Fsp3) is 0.500. The average molecular weight is 359 g/mol. The summed E-state index contributed by atoms with van der Waals surface area (Å²) in [5.74, 6) is 1.00. The van der Waals surface area contributed by atoms with E-state index in [1.54, 1.807) is 6.20 Å². The molecule has 0 aliphatic rings. The van der Waals surface area contributed by atoms with Crippen molar-refractivity contribution in [2.24, 2.45) is 0 Å². The summed E-state index contributed by atoms with van der Waals surface area (Å²) in [7, 11) is 0. The Balaban J connectivity index is 1.78. The lowest BCUT2D eigenvalue weighted by molar-refractivity contribution is 0.252. The van der Waals surface area contributed by atoms with Crippen molar-refractivity contribution in [3.63, 3.8) is 0 Å². The summed E-state index contributed by atoms with van der Waals surface area (Å²) >= 11 is 1.43. The molecule has 0 aromatic carbocycles. The number of hydrogen-bond donors (Lipinski definition) is 2. The second-order valence-corrected chi connectivity index (χ2v) is 8.02. The second kappa shape index (κ2) is 8.17. The molecule has 0 fully saturated rings. The van der Waals surface area contributed by atoms with E-state index in [1.165, 1.54) is 11.3 Å². The Morgan fingerprint density at radius 1 is 1.40 bits per heavy atom.